The van der Waals surface area contributed by atoms with Gasteiger partial charge in [-0.25, -0.2) is 4.39 Å². The molecule has 0 radical (unpaired) electrons. The van der Waals surface area contributed by atoms with Crippen LogP contribution in [-0.2, 0) is 4.74 Å². The maximum absolute atomic E-state index is 12.9. The molecule has 0 aromatic rings. The van der Waals surface area contributed by atoms with Crippen LogP contribution in [0.4, 0.5) is 17.6 Å². The zero-order valence-corrected chi connectivity index (χ0v) is 9.81. The molecule has 0 amide bonds. The van der Waals surface area contributed by atoms with E-state index in [1.807, 2.05) is 0 Å². The van der Waals surface area contributed by atoms with Gasteiger partial charge in [-0.1, -0.05) is 0 Å². The van der Waals surface area contributed by atoms with E-state index in [4.69, 9.17) is 33.2 Å². The average molecular weight is 292 g/mol. The fraction of sp³-hybridized carbons (Fsp3) is 1.00. The summed E-state index contributed by atoms with van der Waals surface area (Å²) in [5.41, 5.74) is 0. The lowest BCUT2D eigenvalue weighted by atomic mass is 10.2. The first kappa shape index (κ1) is 12.8. The van der Waals surface area contributed by atoms with Crippen molar-refractivity contribution in [3.63, 3.8) is 0 Å². The second kappa shape index (κ2) is 3.66. The number of alkyl halides is 4. The van der Waals surface area contributed by atoms with Gasteiger partial charge in [-0.15, -0.1) is 33.2 Å². The molecular weight excluding hydrogens is 286 g/mol. The zero-order chi connectivity index (χ0) is 11.2. The summed E-state index contributed by atoms with van der Waals surface area (Å²) in [6.07, 6.45) is -7.11. The number of hydrogen-bond donors (Lipinski definition) is 0. The Morgan fingerprint density at radius 2 is 1.64 bits per heavy atom. The van der Waals surface area contributed by atoms with Gasteiger partial charge in [0.25, 0.3) is 0 Å². The number of rotatable bonds is 4. The molecule has 2 atom stereocenters. The Morgan fingerprint density at radius 1 is 1.21 bits per heavy atom. The normalized spacial score (nSPS) is 32.8. The Morgan fingerprint density at radius 3 is 1.93 bits per heavy atom. The van der Waals surface area contributed by atoms with E-state index in [0.717, 1.165) is 0 Å². The van der Waals surface area contributed by atoms with E-state index in [-0.39, 0.29) is 6.04 Å². The van der Waals surface area contributed by atoms with Gasteiger partial charge in [0.15, 0.2) is 6.17 Å². The Kier molecular flexibility index (Phi) is 3.35. The highest BCUT2D eigenvalue weighted by Gasteiger charge is 2.80. The molecule has 0 aromatic carbocycles. The molecule has 9 heteroatoms. The topological polar surface area (TPSA) is 12.5 Å². The van der Waals surface area contributed by atoms with Crippen molar-refractivity contribution in [2.24, 2.45) is 0 Å². The Labute approximate surface area is 92.4 Å². The minimum atomic E-state index is -4.05. The lowest BCUT2D eigenvalue weighted by Crippen LogP contribution is -2.27. The van der Waals surface area contributed by atoms with Gasteiger partial charge in [0, 0.05) is 0 Å². The molecule has 1 fully saturated rings. The molecule has 1 aliphatic heterocycles. The van der Waals surface area contributed by atoms with Crippen LogP contribution in [0.2, 0.25) is 6.04 Å². The van der Waals surface area contributed by atoms with Crippen molar-refractivity contribution in [1.29, 1.82) is 0 Å². The number of ether oxygens (including phenoxy) is 1. The summed E-state index contributed by atoms with van der Waals surface area (Å²) in [7, 11) is 0. The summed E-state index contributed by atoms with van der Waals surface area (Å²) in [6.45, 7) is 0. The highest BCUT2D eigenvalue weighted by atomic mass is 35.8. The van der Waals surface area contributed by atoms with Crippen LogP contribution in [-0.4, -0.2) is 24.1 Å². The fourth-order valence-corrected chi connectivity index (χ4v) is 2.45. The minimum Gasteiger partial charge on any atom is -0.268 e. The van der Waals surface area contributed by atoms with Gasteiger partial charge in [-0.05, 0) is 12.5 Å². The van der Waals surface area contributed by atoms with Gasteiger partial charge < -0.3 is 0 Å². The van der Waals surface area contributed by atoms with E-state index < -0.39 is 30.6 Å². The maximum Gasteiger partial charge on any atom is 0.420 e. The predicted molar refractivity (Wildman–Crippen MR) is 47.5 cm³/mol. The summed E-state index contributed by atoms with van der Waals surface area (Å²) < 4.78 is 53.2. The molecule has 1 aliphatic rings. The third kappa shape index (κ3) is 2.66. The second-order valence-electron chi connectivity index (χ2n) is 2.89. The van der Waals surface area contributed by atoms with Crippen molar-refractivity contribution in [2.75, 3.05) is 0 Å². The van der Waals surface area contributed by atoms with Gasteiger partial charge in [-0.2, -0.15) is 13.2 Å². The van der Waals surface area contributed by atoms with Gasteiger partial charge in [0.2, 0.25) is 0 Å². The van der Waals surface area contributed by atoms with Crippen LogP contribution in [0, 0.1) is 0 Å². The van der Waals surface area contributed by atoms with E-state index in [1.54, 1.807) is 0 Å². The molecule has 14 heavy (non-hydrogen) atoms. The van der Waals surface area contributed by atoms with E-state index in [9.17, 15) is 17.6 Å². The van der Waals surface area contributed by atoms with E-state index in [2.05, 4.69) is 4.74 Å². The molecule has 0 N–H and O–H groups in total. The minimum absolute atomic E-state index is 0.232. The van der Waals surface area contributed by atoms with Crippen molar-refractivity contribution >= 4 is 39.2 Å². The first-order valence-electron chi connectivity index (χ1n) is 3.56. The van der Waals surface area contributed by atoms with Gasteiger partial charge >= 0.3 is 18.0 Å². The van der Waals surface area contributed by atoms with Crippen molar-refractivity contribution in [1.82, 2.24) is 0 Å². The van der Waals surface area contributed by atoms with Gasteiger partial charge in [-0.3, -0.25) is 4.74 Å². The van der Waals surface area contributed by atoms with Crippen LogP contribution in [0.15, 0.2) is 0 Å². The smallest absolute Gasteiger partial charge is 0.268 e. The van der Waals surface area contributed by atoms with Crippen molar-refractivity contribution in [3.05, 3.63) is 0 Å². The van der Waals surface area contributed by atoms with Crippen molar-refractivity contribution < 1.29 is 22.3 Å². The number of hydrogen-bond acceptors (Lipinski definition) is 1. The van der Waals surface area contributed by atoms with Crippen LogP contribution >= 0.6 is 33.2 Å². The monoisotopic (exact) mass is 290 g/mol. The molecule has 0 aromatic heterocycles. The molecule has 0 saturated carbocycles. The first-order valence-corrected chi connectivity index (χ1v) is 8.80. The van der Waals surface area contributed by atoms with Crippen LogP contribution in [0.25, 0.3) is 0 Å². The average Bonchev–Trinajstić information content (AvgIpc) is 2.46. The number of epoxide rings is 1. The highest BCUT2D eigenvalue weighted by Crippen LogP contribution is 2.56. The van der Waals surface area contributed by atoms with Crippen LogP contribution in [0.1, 0.15) is 6.42 Å². The SMILES string of the molecule is FC(CC[Si](Cl)(Cl)Cl)C1(F)OC1(F)F. The van der Waals surface area contributed by atoms with E-state index in [1.165, 1.54) is 0 Å². The molecule has 1 nitrogen and oxygen atoms in total. The summed E-state index contributed by atoms with van der Waals surface area (Å²) in [5, 5.41) is 0. The van der Waals surface area contributed by atoms with Crippen LogP contribution < -0.4 is 0 Å². The van der Waals surface area contributed by atoms with Crippen LogP contribution in [0.5, 0.6) is 0 Å². The lowest BCUT2D eigenvalue weighted by Gasteiger charge is -2.11. The van der Waals surface area contributed by atoms with Crippen molar-refractivity contribution in [2.45, 2.75) is 30.6 Å². The maximum atomic E-state index is 12.9. The van der Waals surface area contributed by atoms with Crippen LogP contribution in [0.3, 0.4) is 0 Å². The molecule has 1 rings (SSSR count). The molecular formula is C5H5Cl3F4OSi. The zero-order valence-electron chi connectivity index (χ0n) is 6.55. The lowest BCUT2D eigenvalue weighted by molar-refractivity contribution is -0.00803. The predicted octanol–water partition coefficient (Wildman–Crippen LogP) is 3.66. The molecule has 1 saturated heterocycles. The highest BCUT2D eigenvalue weighted by molar-refractivity contribution is 7.64. The summed E-state index contributed by atoms with van der Waals surface area (Å²) in [6, 6.07) is -3.34. The molecule has 1 heterocycles. The largest absolute Gasteiger partial charge is 0.420 e. The summed E-state index contributed by atoms with van der Waals surface area (Å²) >= 11 is 16.1. The van der Waals surface area contributed by atoms with Crippen molar-refractivity contribution in [3.8, 4) is 0 Å². The van der Waals surface area contributed by atoms with Gasteiger partial charge in [0.05, 0.1) is 0 Å². The quantitative estimate of drug-likeness (QED) is 0.333. The third-order valence-corrected chi connectivity index (χ3v) is 4.27. The molecule has 0 spiro atoms. The molecule has 0 bridgehead atoms. The summed E-state index contributed by atoms with van der Waals surface area (Å²) in [5.74, 6) is -3.53. The van der Waals surface area contributed by atoms with Gasteiger partial charge in [0.1, 0.15) is 0 Å². The number of halogens is 7. The fourth-order valence-electron chi connectivity index (χ4n) is 0.883. The Balaban J connectivity index is 2.41. The van der Waals surface area contributed by atoms with E-state index >= 15 is 0 Å². The standard InChI is InChI=1S/C5H5Cl3F4OSi/c6-14(7,8)2-1-3(9)4(10)5(11,12)13-4/h3H,1-2H2. The third-order valence-electron chi connectivity index (χ3n) is 1.72. The second-order valence-corrected chi connectivity index (χ2v) is 12.2. The summed E-state index contributed by atoms with van der Waals surface area (Å²) in [4.78, 5) is 0. The van der Waals surface area contributed by atoms with E-state index in [0.29, 0.717) is 0 Å². The molecule has 84 valence electrons. The molecule has 0 aliphatic carbocycles. The first-order chi connectivity index (χ1) is 6.08. The Bertz CT molecular complexity index is 236. The molecule has 2 unspecified atom stereocenters. The Hall–Kier alpha value is 0.767.